The summed E-state index contributed by atoms with van der Waals surface area (Å²) in [5, 5.41) is 0. The summed E-state index contributed by atoms with van der Waals surface area (Å²) in [6.45, 7) is 22.6. The van der Waals surface area contributed by atoms with Gasteiger partial charge in [-0.25, -0.2) is 6.07 Å². The molecule has 1 aliphatic carbocycles. The molecule has 3 heteroatoms. The standard InChI is InChI=1S/C21H25.C13H11.C11H17.2ClH.Hf/c1-20(2,3)16-7-9-18-14(12-16)11-15-13-17(21(4,5)6)8-10-19(15)18;1-3-7-12(8-4-1)11-13-9-5-2-6-10-13;1-5-9-6-7-10(8-9)11(2,3)4;;;/h7-10,12H,11H2,1-6H3;1-11H;6-8H,5H2,1-4H3;2*1H;/q3*-1;;;/p-2. The van der Waals surface area contributed by atoms with Gasteiger partial charge in [-0.2, -0.15) is 47.0 Å². The Kier molecular flexibility index (Phi) is 16.8. The molecule has 0 saturated heterocycles. The smallest absolute Gasteiger partial charge is 0 e. The van der Waals surface area contributed by atoms with Crippen LogP contribution in [0.1, 0.15) is 114 Å². The number of fused-ring (bicyclic) bond motifs is 3. The number of rotatable bonds is 3. The van der Waals surface area contributed by atoms with Crippen molar-refractivity contribution in [2.45, 2.75) is 98.3 Å². The van der Waals surface area contributed by atoms with Crippen LogP contribution in [-0.2, 0) is 54.9 Å². The van der Waals surface area contributed by atoms with Crippen LogP contribution in [0.3, 0.4) is 0 Å². The summed E-state index contributed by atoms with van der Waals surface area (Å²) in [5.74, 6) is 0. The molecule has 1 aliphatic rings. The van der Waals surface area contributed by atoms with Gasteiger partial charge in [0.1, 0.15) is 0 Å². The maximum absolute atomic E-state index is 3.67. The van der Waals surface area contributed by atoms with Crippen LogP contribution in [-0.4, -0.2) is 0 Å². The van der Waals surface area contributed by atoms with Gasteiger partial charge in [0.05, 0.1) is 0 Å². The molecule has 0 bridgehead atoms. The Morgan fingerprint density at radius 3 is 1.58 bits per heavy atom. The van der Waals surface area contributed by atoms with Gasteiger partial charge in [0.25, 0.3) is 0 Å². The monoisotopic (exact) mass is 843 g/mol. The fourth-order valence-corrected chi connectivity index (χ4v) is 5.50. The van der Waals surface area contributed by atoms with Crippen molar-refractivity contribution in [3.05, 3.63) is 166 Å². The van der Waals surface area contributed by atoms with E-state index in [1.807, 2.05) is 12.1 Å². The predicted octanol–water partition coefficient (Wildman–Crippen LogP) is 6.21. The Hall–Kier alpha value is -2.45. The van der Waals surface area contributed by atoms with Gasteiger partial charge in [-0.1, -0.05) is 141 Å². The molecule has 0 amide bonds. The van der Waals surface area contributed by atoms with E-state index in [0.717, 1.165) is 12.8 Å². The molecule has 0 N–H and O–H groups in total. The fraction of sp³-hybridized carbons (Fsp3) is 0.333. The van der Waals surface area contributed by atoms with Gasteiger partial charge in [0, 0.05) is 25.8 Å². The molecule has 0 aliphatic heterocycles. The third-order valence-corrected chi connectivity index (χ3v) is 8.49. The first-order valence-corrected chi connectivity index (χ1v) is 16.6. The van der Waals surface area contributed by atoms with E-state index < -0.39 is 0 Å². The molecule has 256 valence electrons. The molecule has 0 heterocycles. The average molecular weight is 843 g/mol. The van der Waals surface area contributed by atoms with Gasteiger partial charge in [-0.15, -0.1) is 52.9 Å². The second-order valence-corrected chi connectivity index (χ2v) is 15.4. The van der Waals surface area contributed by atoms with Gasteiger partial charge in [0.15, 0.2) is 0 Å². The minimum Gasteiger partial charge on any atom is -1.00 e. The second kappa shape index (κ2) is 18.5. The van der Waals surface area contributed by atoms with Gasteiger partial charge in [0.2, 0.25) is 0 Å². The molecule has 0 radical (unpaired) electrons. The maximum Gasteiger partial charge on any atom is 0 e. The summed E-state index contributed by atoms with van der Waals surface area (Å²) >= 11 is 0. The Labute approximate surface area is 324 Å². The minimum absolute atomic E-state index is 0. The Morgan fingerprint density at radius 2 is 1.15 bits per heavy atom. The number of halogens is 2. The molecule has 5 aromatic carbocycles. The van der Waals surface area contributed by atoms with E-state index in [0.29, 0.717) is 5.41 Å². The van der Waals surface area contributed by atoms with Gasteiger partial charge in [-0.3, -0.25) is 0 Å². The first-order chi connectivity index (χ1) is 21.1. The average Bonchev–Trinajstić information content (AvgIpc) is 3.63. The van der Waals surface area contributed by atoms with E-state index >= 15 is 0 Å². The molecular weight excluding hydrogens is 790 g/mol. The van der Waals surface area contributed by atoms with Crippen molar-refractivity contribution < 1.29 is 50.7 Å². The summed E-state index contributed by atoms with van der Waals surface area (Å²) in [6, 6.07) is 42.6. The van der Waals surface area contributed by atoms with E-state index in [2.05, 4.69) is 179 Å². The van der Waals surface area contributed by atoms with Crippen molar-refractivity contribution >= 4 is 0 Å². The number of hydrogen-bond donors (Lipinski definition) is 0. The SMILES string of the molecule is CC(C)(C)c1[c-]c2c(cc1)-c1ccc(C(C)(C)C)cc1C2.CCc1cc(C(C)(C)C)c[cH-]1.[Cl-].[Cl-].[Hf].c1ccc([CH-]c2ccccc2)cc1. The molecule has 0 atom stereocenters. The molecule has 0 fully saturated rings. The normalized spacial score (nSPS) is 11.5. The number of hydrogen-bond acceptors (Lipinski definition) is 0. The summed E-state index contributed by atoms with van der Waals surface area (Å²) in [4.78, 5) is 0. The van der Waals surface area contributed by atoms with Crippen LogP contribution in [0.5, 0.6) is 0 Å². The van der Waals surface area contributed by atoms with E-state index in [1.165, 1.54) is 55.6 Å². The topological polar surface area (TPSA) is 0 Å². The van der Waals surface area contributed by atoms with Crippen molar-refractivity contribution in [3.63, 3.8) is 0 Å². The first kappa shape index (κ1) is 43.6. The largest absolute Gasteiger partial charge is 1.00 e. The summed E-state index contributed by atoms with van der Waals surface area (Å²) in [7, 11) is 0. The third-order valence-electron chi connectivity index (χ3n) is 8.49. The Bertz CT molecular complexity index is 1560. The maximum atomic E-state index is 3.67. The van der Waals surface area contributed by atoms with Crippen LogP contribution >= 0.6 is 0 Å². The van der Waals surface area contributed by atoms with E-state index in [4.69, 9.17) is 0 Å². The van der Waals surface area contributed by atoms with E-state index in [-0.39, 0.29) is 61.5 Å². The molecule has 48 heavy (non-hydrogen) atoms. The predicted molar refractivity (Wildman–Crippen MR) is 196 cm³/mol. The van der Waals surface area contributed by atoms with Crippen LogP contribution in [0.4, 0.5) is 0 Å². The molecule has 6 rings (SSSR count). The molecule has 5 aromatic rings. The number of aryl methyl sites for hydroxylation is 1. The summed E-state index contributed by atoms with van der Waals surface area (Å²) < 4.78 is 0. The van der Waals surface area contributed by atoms with Crippen LogP contribution < -0.4 is 24.8 Å². The second-order valence-electron chi connectivity index (χ2n) is 15.4. The zero-order chi connectivity index (χ0) is 32.8. The Morgan fingerprint density at radius 1 is 0.625 bits per heavy atom. The summed E-state index contributed by atoms with van der Waals surface area (Å²) in [5.41, 5.74) is 14.4. The van der Waals surface area contributed by atoms with Crippen molar-refractivity contribution in [2.75, 3.05) is 0 Å². The van der Waals surface area contributed by atoms with Crippen molar-refractivity contribution in [1.29, 1.82) is 0 Å². The quantitative estimate of drug-likeness (QED) is 0.147. The molecule has 0 unspecified atom stereocenters. The molecule has 0 spiro atoms. The molecule has 0 saturated carbocycles. The van der Waals surface area contributed by atoms with Crippen LogP contribution in [0.25, 0.3) is 11.1 Å². The van der Waals surface area contributed by atoms with Gasteiger partial charge in [-0.05, 0) is 28.4 Å². The van der Waals surface area contributed by atoms with Gasteiger partial charge >= 0.3 is 0 Å². The van der Waals surface area contributed by atoms with E-state index in [9.17, 15) is 0 Å². The number of benzene rings is 4. The van der Waals surface area contributed by atoms with Crippen molar-refractivity contribution in [2.24, 2.45) is 0 Å². The molecule has 0 nitrogen and oxygen atoms in total. The Balaban J connectivity index is 0.000000372. The zero-order valence-corrected chi connectivity index (χ0v) is 35.7. The molecule has 0 aromatic heterocycles. The van der Waals surface area contributed by atoms with Crippen LogP contribution in [0.15, 0.2) is 109 Å². The van der Waals surface area contributed by atoms with Gasteiger partial charge < -0.3 is 24.8 Å². The van der Waals surface area contributed by atoms with Crippen LogP contribution in [0.2, 0.25) is 0 Å². The molecular formula is C45H53Cl2Hf-5. The van der Waals surface area contributed by atoms with Crippen molar-refractivity contribution in [1.82, 2.24) is 0 Å². The third kappa shape index (κ3) is 12.2. The zero-order valence-electron chi connectivity index (χ0n) is 30.6. The van der Waals surface area contributed by atoms with E-state index in [1.54, 1.807) is 0 Å². The summed E-state index contributed by atoms with van der Waals surface area (Å²) in [6.07, 6.45) is 4.34. The van der Waals surface area contributed by atoms with Crippen molar-refractivity contribution in [3.8, 4) is 11.1 Å². The van der Waals surface area contributed by atoms with Crippen LogP contribution in [0, 0.1) is 12.5 Å². The minimum atomic E-state index is 0. The fourth-order valence-electron chi connectivity index (χ4n) is 5.50. The first-order valence-electron chi connectivity index (χ1n) is 16.6.